The molecule has 3 amide bonds. The first-order valence-corrected chi connectivity index (χ1v) is 9.80. The van der Waals surface area contributed by atoms with Gasteiger partial charge in [-0.1, -0.05) is 12.1 Å². The molecule has 0 saturated heterocycles. The van der Waals surface area contributed by atoms with Crippen LogP contribution in [0.15, 0.2) is 53.9 Å². The number of methoxy groups -OCH3 is 1. The number of ether oxygens (including phenoxy) is 1. The molecule has 1 aliphatic heterocycles. The van der Waals surface area contributed by atoms with Crippen LogP contribution in [0.5, 0.6) is 5.75 Å². The van der Waals surface area contributed by atoms with Crippen molar-refractivity contribution in [2.24, 2.45) is 0 Å². The molecule has 0 fully saturated rings. The summed E-state index contributed by atoms with van der Waals surface area (Å²) in [6.07, 6.45) is 0.00289. The smallest absolute Gasteiger partial charge is 0.261 e. The number of nitrogens with one attached hydrogen (secondary N) is 1. The molecule has 8 heteroatoms. The van der Waals surface area contributed by atoms with E-state index in [1.165, 1.54) is 11.3 Å². The van der Waals surface area contributed by atoms with Crippen LogP contribution in [-0.2, 0) is 4.79 Å². The van der Waals surface area contributed by atoms with Crippen LogP contribution in [0, 0.1) is 0 Å². The van der Waals surface area contributed by atoms with Gasteiger partial charge in [-0.05, 0) is 36.4 Å². The monoisotopic (exact) mass is 407 g/mol. The Kier molecular flexibility index (Phi) is 5.09. The van der Waals surface area contributed by atoms with Crippen molar-refractivity contribution in [3.8, 4) is 17.0 Å². The fourth-order valence-corrected chi connectivity index (χ4v) is 3.80. The molecule has 0 saturated carbocycles. The highest BCUT2D eigenvalue weighted by atomic mass is 32.1. The third kappa shape index (κ3) is 3.74. The summed E-state index contributed by atoms with van der Waals surface area (Å²) in [5.41, 5.74) is 2.41. The molecule has 146 valence electrons. The Balaban J connectivity index is 1.35. The summed E-state index contributed by atoms with van der Waals surface area (Å²) in [6, 6.07) is 14.1. The number of amides is 3. The Morgan fingerprint density at radius 3 is 2.34 bits per heavy atom. The second kappa shape index (κ2) is 7.84. The second-order valence-corrected chi connectivity index (χ2v) is 7.23. The largest absolute Gasteiger partial charge is 0.497 e. The molecule has 0 spiro atoms. The average Bonchev–Trinajstić information content (AvgIpc) is 3.30. The Hall–Kier alpha value is -3.52. The minimum absolute atomic E-state index is 0.00289. The van der Waals surface area contributed by atoms with Crippen molar-refractivity contribution in [2.45, 2.75) is 6.42 Å². The van der Waals surface area contributed by atoms with E-state index in [0.717, 1.165) is 21.9 Å². The predicted molar refractivity (Wildman–Crippen MR) is 109 cm³/mol. The Bertz CT molecular complexity index is 1060. The summed E-state index contributed by atoms with van der Waals surface area (Å²) in [7, 11) is 1.60. The molecule has 2 aromatic carbocycles. The van der Waals surface area contributed by atoms with E-state index in [9.17, 15) is 14.4 Å². The number of thiazole rings is 1. The number of benzene rings is 2. The molecule has 1 aliphatic rings. The fourth-order valence-electron chi connectivity index (χ4n) is 3.06. The molecule has 3 aromatic rings. The van der Waals surface area contributed by atoms with E-state index >= 15 is 0 Å². The van der Waals surface area contributed by atoms with Crippen LogP contribution in [0.25, 0.3) is 11.3 Å². The minimum Gasteiger partial charge on any atom is -0.497 e. The number of hydrogen-bond acceptors (Lipinski definition) is 6. The fraction of sp³-hybridized carbons (Fsp3) is 0.143. The maximum absolute atomic E-state index is 12.3. The zero-order chi connectivity index (χ0) is 20.4. The summed E-state index contributed by atoms with van der Waals surface area (Å²) < 4.78 is 5.14. The zero-order valence-electron chi connectivity index (χ0n) is 15.5. The van der Waals surface area contributed by atoms with E-state index in [1.807, 2.05) is 29.6 Å². The van der Waals surface area contributed by atoms with Crippen molar-refractivity contribution < 1.29 is 19.1 Å². The predicted octanol–water partition coefficient (Wildman–Crippen LogP) is 3.44. The molecule has 1 aromatic heterocycles. The van der Waals surface area contributed by atoms with Crippen molar-refractivity contribution in [3.05, 3.63) is 65.0 Å². The lowest BCUT2D eigenvalue weighted by atomic mass is 10.1. The normalized spacial score (nSPS) is 12.8. The molecule has 4 rings (SSSR count). The van der Waals surface area contributed by atoms with Gasteiger partial charge in [0.2, 0.25) is 5.91 Å². The van der Waals surface area contributed by atoms with Gasteiger partial charge in [-0.25, -0.2) is 4.98 Å². The van der Waals surface area contributed by atoms with Crippen molar-refractivity contribution in [1.29, 1.82) is 0 Å². The van der Waals surface area contributed by atoms with E-state index in [0.29, 0.717) is 16.3 Å². The van der Waals surface area contributed by atoms with Crippen LogP contribution in [0.1, 0.15) is 27.1 Å². The lowest BCUT2D eigenvalue weighted by Crippen LogP contribution is -2.32. The quantitative estimate of drug-likeness (QED) is 0.633. The lowest BCUT2D eigenvalue weighted by Gasteiger charge is -2.12. The van der Waals surface area contributed by atoms with Gasteiger partial charge in [0.05, 0.1) is 23.9 Å². The van der Waals surface area contributed by atoms with Crippen molar-refractivity contribution in [3.63, 3.8) is 0 Å². The van der Waals surface area contributed by atoms with Gasteiger partial charge in [0.25, 0.3) is 11.8 Å². The maximum Gasteiger partial charge on any atom is 0.261 e. The van der Waals surface area contributed by atoms with Crippen LogP contribution in [0.2, 0.25) is 0 Å². The molecular weight excluding hydrogens is 390 g/mol. The molecule has 0 unspecified atom stereocenters. The highest BCUT2D eigenvalue weighted by molar-refractivity contribution is 7.14. The van der Waals surface area contributed by atoms with Gasteiger partial charge >= 0.3 is 0 Å². The minimum atomic E-state index is -0.366. The molecule has 1 N–H and O–H groups in total. The van der Waals surface area contributed by atoms with Crippen LogP contribution >= 0.6 is 11.3 Å². The molecule has 0 radical (unpaired) electrons. The van der Waals surface area contributed by atoms with E-state index in [1.54, 1.807) is 31.4 Å². The second-order valence-electron chi connectivity index (χ2n) is 6.37. The summed E-state index contributed by atoms with van der Waals surface area (Å²) >= 11 is 1.31. The number of rotatable bonds is 6. The highest BCUT2D eigenvalue weighted by Crippen LogP contribution is 2.27. The molecule has 7 nitrogen and oxygen atoms in total. The number of anilines is 1. The molecule has 2 heterocycles. The van der Waals surface area contributed by atoms with E-state index in [4.69, 9.17) is 4.74 Å². The van der Waals surface area contributed by atoms with Crippen LogP contribution in [0.4, 0.5) is 5.13 Å². The van der Waals surface area contributed by atoms with Gasteiger partial charge in [-0.2, -0.15) is 0 Å². The van der Waals surface area contributed by atoms with Gasteiger partial charge in [0.15, 0.2) is 5.13 Å². The number of hydrogen-bond donors (Lipinski definition) is 1. The summed E-state index contributed by atoms with van der Waals surface area (Å²) in [6.45, 7) is 0.0227. The van der Waals surface area contributed by atoms with E-state index in [-0.39, 0.29) is 30.7 Å². The zero-order valence-corrected chi connectivity index (χ0v) is 16.4. The van der Waals surface area contributed by atoms with Gasteiger partial charge in [-0.15, -0.1) is 11.3 Å². The van der Waals surface area contributed by atoms with E-state index in [2.05, 4.69) is 10.3 Å². The first kappa shape index (κ1) is 18.8. The van der Waals surface area contributed by atoms with Crippen molar-refractivity contribution in [1.82, 2.24) is 9.88 Å². The third-order valence-corrected chi connectivity index (χ3v) is 5.33. The van der Waals surface area contributed by atoms with Crippen LogP contribution < -0.4 is 10.1 Å². The lowest BCUT2D eigenvalue weighted by molar-refractivity contribution is -0.116. The topological polar surface area (TPSA) is 88.6 Å². The number of fused-ring (bicyclic) bond motifs is 1. The maximum atomic E-state index is 12.3. The summed E-state index contributed by atoms with van der Waals surface area (Å²) in [5, 5.41) is 5.03. The Morgan fingerprint density at radius 1 is 1.07 bits per heavy atom. The van der Waals surface area contributed by atoms with E-state index < -0.39 is 0 Å². The summed E-state index contributed by atoms with van der Waals surface area (Å²) in [5.74, 6) is -0.285. The highest BCUT2D eigenvalue weighted by Gasteiger charge is 2.34. The average molecular weight is 407 g/mol. The van der Waals surface area contributed by atoms with Crippen LogP contribution in [-0.4, -0.2) is 41.3 Å². The standard InChI is InChI=1S/C21H17N3O4S/c1-28-14-8-6-13(7-9-14)17-12-29-21(22-17)23-18(25)10-11-24-19(26)15-4-2-3-5-16(15)20(24)27/h2-9,12H,10-11H2,1H3,(H,22,23,25). The number of imide groups is 1. The number of nitrogens with zero attached hydrogens (tertiary/aromatic N) is 2. The molecule has 0 bridgehead atoms. The first-order valence-electron chi connectivity index (χ1n) is 8.92. The van der Waals surface area contributed by atoms with Gasteiger partial charge in [-0.3, -0.25) is 19.3 Å². The van der Waals surface area contributed by atoms with Gasteiger partial charge in [0, 0.05) is 23.9 Å². The van der Waals surface area contributed by atoms with Gasteiger partial charge < -0.3 is 10.1 Å². The van der Waals surface area contributed by atoms with Crippen LogP contribution in [0.3, 0.4) is 0 Å². The first-order chi connectivity index (χ1) is 14.1. The molecule has 29 heavy (non-hydrogen) atoms. The Morgan fingerprint density at radius 2 is 1.72 bits per heavy atom. The Labute approximate surface area is 170 Å². The third-order valence-electron chi connectivity index (χ3n) is 4.58. The van der Waals surface area contributed by atoms with Crippen molar-refractivity contribution in [2.75, 3.05) is 19.0 Å². The molecular formula is C21H17N3O4S. The molecule has 0 aliphatic carbocycles. The number of aromatic nitrogens is 1. The van der Waals surface area contributed by atoms with Gasteiger partial charge in [0.1, 0.15) is 5.75 Å². The molecule has 0 atom stereocenters. The van der Waals surface area contributed by atoms with Crippen molar-refractivity contribution >= 4 is 34.2 Å². The number of carbonyl (C=O) groups excluding carboxylic acids is 3. The number of carbonyl (C=O) groups is 3. The SMILES string of the molecule is COc1ccc(-c2csc(NC(=O)CCN3C(=O)c4ccccc4C3=O)n2)cc1. The summed E-state index contributed by atoms with van der Waals surface area (Å²) in [4.78, 5) is 42.5.